The second-order valence-electron chi connectivity index (χ2n) is 6.93. The zero-order valence-corrected chi connectivity index (χ0v) is 16.3. The molecule has 138 valence electrons. The van der Waals surface area contributed by atoms with Gasteiger partial charge in [0.15, 0.2) is 5.16 Å². The minimum Gasteiger partial charge on any atom is -0.348 e. The summed E-state index contributed by atoms with van der Waals surface area (Å²) in [6.07, 6.45) is 2.29. The number of aromatic nitrogens is 3. The molecule has 1 heterocycles. The van der Waals surface area contributed by atoms with Crippen LogP contribution in [-0.4, -0.2) is 39.7 Å². The molecule has 0 saturated heterocycles. The number of hydrogen-bond donors (Lipinski definition) is 0. The monoisotopic (exact) mass is 378 g/mol. The summed E-state index contributed by atoms with van der Waals surface area (Å²) in [7, 11) is 3.58. The van der Waals surface area contributed by atoms with Gasteiger partial charge < -0.3 is 4.90 Å². The summed E-state index contributed by atoms with van der Waals surface area (Å²) in [5.74, 6) is 1.50. The lowest BCUT2D eigenvalue weighted by atomic mass is 10.1. The fourth-order valence-corrected chi connectivity index (χ4v) is 4.22. The lowest BCUT2D eigenvalue weighted by Gasteiger charge is -2.20. The first-order valence-electron chi connectivity index (χ1n) is 9.08. The van der Waals surface area contributed by atoms with Crippen LogP contribution in [-0.2, 0) is 4.79 Å². The highest BCUT2D eigenvalue weighted by atomic mass is 32.2. The van der Waals surface area contributed by atoms with E-state index in [1.807, 2.05) is 48.5 Å². The van der Waals surface area contributed by atoms with Crippen molar-refractivity contribution in [1.82, 2.24) is 19.7 Å². The highest BCUT2D eigenvalue weighted by Crippen LogP contribution is 2.43. The van der Waals surface area contributed by atoms with Gasteiger partial charge in [0.25, 0.3) is 0 Å². The number of carbonyl (C=O) groups excluding carboxylic acids is 1. The molecular weight excluding hydrogens is 356 g/mol. The number of para-hydroxylation sites is 1. The molecule has 5 nitrogen and oxygen atoms in total. The summed E-state index contributed by atoms with van der Waals surface area (Å²) >= 11 is 1.46. The second kappa shape index (κ2) is 7.56. The summed E-state index contributed by atoms with van der Waals surface area (Å²) in [6, 6.07) is 20.0. The topological polar surface area (TPSA) is 51.0 Å². The molecule has 1 unspecified atom stereocenters. The van der Waals surface area contributed by atoms with Crippen molar-refractivity contribution in [2.45, 2.75) is 29.2 Å². The Morgan fingerprint density at radius 3 is 2.26 bits per heavy atom. The molecule has 1 amide bonds. The van der Waals surface area contributed by atoms with E-state index in [4.69, 9.17) is 0 Å². The Morgan fingerprint density at radius 1 is 1.04 bits per heavy atom. The predicted octanol–water partition coefficient (Wildman–Crippen LogP) is 4.07. The van der Waals surface area contributed by atoms with E-state index in [1.54, 1.807) is 19.0 Å². The molecule has 1 saturated carbocycles. The summed E-state index contributed by atoms with van der Waals surface area (Å²) in [5, 5.41) is 9.33. The second-order valence-corrected chi connectivity index (χ2v) is 8.00. The van der Waals surface area contributed by atoms with Gasteiger partial charge >= 0.3 is 0 Å². The van der Waals surface area contributed by atoms with Gasteiger partial charge in [0.05, 0.1) is 0 Å². The molecule has 1 aromatic heterocycles. The van der Waals surface area contributed by atoms with Crippen molar-refractivity contribution < 1.29 is 4.79 Å². The van der Waals surface area contributed by atoms with Crippen LogP contribution < -0.4 is 0 Å². The maximum absolute atomic E-state index is 12.9. The Hall–Kier alpha value is -2.60. The van der Waals surface area contributed by atoms with Crippen molar-refractivity contribution in [1.29, 1.82) is 0 Å². The van der Waals surface area contributed by atoms with Gasteiger partial charge in [-0.3, -0.25) is 9.36 Å². The van der Waals surface area contributed by atoms with Crippen LogP contribution >= 0.6 is 11.8 Å². The number of thioether (sulfide) groups is 1. The first-order valence-corrected chi connectivity index (χ1v) is 9.96. The average molecular weight is 379 g/mol. The van der Waals surface area contributed by atoms with E-state index in [0.29, 0.717) is 5.92 Å². The van der Waals surface area contributed by atoms with Crippen LogP contribution in [0.15, 0.2) is 65.8 Å². The third-order valence-corrected chi connectivity index (χ3v) is 5.79. The van der Waals surface area contributed by atoms with E-state index in [2.05, 4.69) is 26.9 Å². The van der Waals surface area contributed by atoms with Crippen molar-refractivity contribution in [3.8, 4) is 5.69 Å². The molecule has 3 aromatic rings. The zero-order valence-electron chi connectivity index (χ0n) is 15.4. The normalized spacial score (nSPS) is 14.7. The first kappa shape index (κ1) is 17.8. The van der Waals surface area contributed by atoms with Gasteiger partial charge in [-0.15, -0.1) is 10.2 Å². The van der Waals surface area contributed by atoms with E-state index >= 15 is 0 Å². The number of rotatable bonds is 6. The maximum atomic E-state index is 12.9. The van der Waals surface area contributed by atoms with Gasteiger partial charge in [-0.2, -0.15) is 0 Å². The molecular formula is C21H22N4OS. The quantitative estimate of drug-likeness (QED) is 0.607. The van der Waals surface area contributed by atoms with Crippen LogP contribution in [0.3, 0.4) is 0 Å². The number of carbonyl (C=O) groups is 1. The molecule has 2 aromatic carbocycles. The van der Waals surface area contributed by atoms with Crippen molar-refractivity contribution >= 4 is 17.7 Å². The minimum atomic E-state index is -0.361. The SMILES string of the molecule is CN(C)C(=O)C(Sc1nnc(C2CC2)n1-c1ccccc1)c1ccccc1. The van der Waals surface area contributed by atoms with Gasteiger partial charge in [-0.1, -0.05) is 60.3 Å². The molecule has 27 heavy (non-hydrogen) atoms. The Labute approximate surface area is 163 Å². The molecule has 0 bridgehead atoms. The highest BCUT2D eigenvalue weighted by Gasteiger charge is 2.33. The Kier molecular flexibility index (Phi) is 4.99. The number of amides is 1. The molecule has 1 aliphatic rings. The smallest absolute Gasteiger partial charge is 0.240 e. The number of hydrogen-bond acceptors (Lipinski definition) is 4. The molecule has 0 aliphatic heterocycles. The van der Waals surface area contributed by atoms with Crippen LogP contribution in [0.4, 0.5) is 0 Å². The third kappa shape index (κ3) is 3.76. The number of likely N-dealkylation sites (N-methyl/N-ethyl adjacent to an activating group) is 1. The Morgan fingerprint density at radius 2 is 1.67 bits per heavy atom. The van der Waals surface area contributed by atoms with Gasteiger partial charge in [0.2, 0.25) is 5.91 Å². The van der Waals surface area contributed by atoms with Crippen LogP contribution in [0, 0.1) is 0 Å². The van der Waals surface area contributed by atoms with E-state index in [0.717, 1.165) is 35.1 Å². The molecule has 6 heteroatoms. The molecule has 1 aliphatic carbocycles. The Balaban J connectivity index is 1.75. The van der Waals surface area contributed by atoms with Gasteiger partial charge in [-0.05, 0) is 30.5 Å². The standard InChI is InChI=1S/C21H22N4OS/c1-24(2)20(26)18(15-9-5-3-6-10-15)27-21-23-22-19(16-13-14-16)25(21)17-11-7-4-8-12-17/h3-12,16,18H,13-14H2,1-2H3. The zero-order chi connectivity index (χ0) is 18.8. The minimum absolute atomic E-state index is 0.0433. The largest absolute Gasteiger partial charge is 0.348 e. The van der Waals surface area contributed by atoms with E-state index in [1.165, 1.54) is 11.8 Å². The molecule has 1 atom stereocenters. The fraction of sp³-hybridized carbons (Fsp3) is 0.286. The van der Waals surface area contributed by atoms with E-state index in [9.17, 15) is 4.79 Å². The van der Waals surface area contributed by atoms with Crippen LogP contribution in [0.5, 0.6) is 0 Å². The lowest BCUT2D eigenvalue weighted by molar-refractivity contribution is -0.128. The molecule has 0 spiro atoms. The molecule has 4 rings (SSSR count). The number of nitrogens with zero attached hydrogens (tertiary/aromatic N) is 4. The Bertz CT molecular complexity index is 920. The van der Waals surface area contributed by atoms with Gasteiger partial charge in [0, 0.05) is 25.7 Å². The maximum Gasteiger partial charge on any atom is 0.240 e. The summed E-state index contributed by atoms with van der Waals surface area (Å²) in [6.45, 7) is 0. The predicted molar refractivity (Wildman–Crippen MR) is 107 cm³/mol. The van der Waals surface area contributed by atoms with E-state index in [-0.39, 0.29) is 11.2 Å². The van der Waals surface area contributed by atoms with Crippen molar-refractivity contribution in [2.24, 2.45) is 0 Å². The average Bonchev–Trinajstić information content (AvgIpc) is 3.46. The lowest BCUT2D eigenvalue weighted by Crippen LogP contribution is -2.27. The fourth-order valence-electron chi connectivity index (χ4n) is 3.01. The summed E-state index contributed by atoms with van der Waals surface area (Å²) < 4.78 is 2.11. The van der Waals surface area contributed by atoms with Gasteiger partial charge in [0.1, 0.15) is 11.1 Å². The van der Waals surface area contributed by atoms with Crippen LogP contribution in [0.1, 0.15) is 35.4 Å². The first-order chi connectivity index (χ1) is 13.1. The van der Waals surface area contributed by atoms with Crippen molar-refractivity contribution in [2.75, 3.05) is 14.1 Å². The van der Waals surface area contributed by atoms with Crippen molar-refractivity contribution in [3.63, 3.8) is 0 Å². The molecule has 1 fully saturated rings. The summed E-state index contributed by atoms with van der Waals surface area (Å²) in [4.78, 5) is 14.5. The number of benzene rings is 2. The van der Waals surface area contributed by atoms with E-state index < -0.39 is 0 Å². The summed E-state index contributed by atoms with van der Waals surface area (Å²) in [5.41, 5.74) is 2.01. The molecule has 0 radical (unpaired) electrons. The highest BCUT2D eigenvalue weighted by molar-refractivity contribution is 8.00. The molecule has 0 N–H and O–H groups in total. The van der Waals surface area contributed by atoms with Crippen LogP contribution in [0.2, 0.25) is 0 Å². The van der Waals surface area contributed by atoms with Crippen LogP contribution in [0.25, 0.3) is 5.69 Å². The third-order valence-electron chi connectivity index (χ3n) is 4.61. The van der Waals surface area contributed by atoms with Gasteiger partial charge in [-0.25, -0.2) is 0 Å². The van der Waals surface area contributed by atoms with Crippen molar-refractivity contribution in [3.05, 3.63) is 72.1 Å².